The minimum atomic E-state index is -3.49. The minimum Gasteiger partial charge on any atom is -0.494 e. The highest BCUT2D eigenvalue weighted by atomic mass is 35.5. The third-order valence-electron chi connectivity index (χ3n) is 7.74. The van der Waals surface area contributed by atoms with Crippen molar-refractivity contribution in [1.82, 2.24) is 14.9 Å². The van der Waals surface area contributed by atoms with E-state index < -0.39 is 10.0 Å². The van der Waals surface area contributed by atoms with Crippen LogP contribution < -0.4 is 29.7 Å². The van der Waals surface area contributed by atoms with Gasteiger partial charge in [0.1, 0.15) is 23.1 Å². The summed E-state index contributed by atoms with van der Waals surface area (Å²) in [6, 6.07) is 11.6. The minimum absolute atomic E-state index is 0.266. The number of sulfonamides is 1. The van der Waals surface area contributed by atoms with Gasteiger partial charge in [0, 0.05) is 37.8 Å². The number of fused-ring (bicyclic) bond motifs is 3. The molecule has 3 aliphatic heterocycles. The topological polar surface area (TPSA) is 130 Å². The lowest BCUT2D eigenvalue weighted by Crippen LogP contribution is -2.55. The number of morpholine rings is 1. The van der Waals surface area contributed by atoms with Gasteiger partial charge in [-0.05, 0) is 25.0 Å². The van der Waals surface area contributed by atoms with Gasteiger partial charge in [-0.3, -0.25) is 9.62 Å². The molecule has 0 unspecified atom stereocenters. The van der Waals surface area contributed by atoms with Gasteiger partial charge in [-0.15, -0.1) is 0 Å². The van der Waals surface area contributed by atoms with Crippen molar-refractivity contribution >= 4 is 56.1 Å². The molecule has 0 bridgehead atoms. The van der Waals surface area contributed by atoms with E-state index in [2.05, 4.69) is 35.1 Å². The summed E-state index contributed by atoms with van der Waals surface area (Å²) in [6.07, 6.45) is 4.71. The fourth-order valence-corrected chi connectivity index (χ4v) is 6.48. The van der Waals surface area contributed by atoms with Gasteiger partial charge < -0.3 is 29.7 Å². The number of para-hydroxylation sites is 2. The Morgan fingerprint density at radius 2 is 1.83 bits per heavy atom. The van der Waals surface area contributed by atoms with Crippen molar-refractivity contribution in [3.8, 4) is 11.5 Å². The van der Waals surface area contributed by atoms with Crippen LogP contribution in [-0.2, 0) is 14.8 Å². The van der Waals surface area contributed by atoms with Crippen LogP contribution in [0.5, 0.6) is 11.5 Å². The highest BCUT2D eigenvalue weighted by molar-refractivity contribution is 7.92. The quantitative estimate of drug-likeness (QED) is 0.339. The first-order valence-corrected chi connectivity index (χ1v) is 16.1. The van der Waals surface area contributed by atoms with Crippen molar-refractivity contribution in [3.63, 3.8) is 0 Å². The summed E-state index contributed by atoms with van der Waals surface area (Å²) in [5.74, 6) is 1.97. The Balaban J connectivity index is 1.21. The zero-order valence-electron chi connectivity index (χ0n) is 23.5. The number of hydrogen-bond donors (Lipinski definition) is 3. The number of halogens is 1. The van der Waals surface area contributed by atoms with E-state index in [1.165, 1.54) is 6.20 Å². The summed E-state index contributed by atoms with van der Waals surface area (Å²) in [7, 11) is -1.86. The average molecular weight is 616 g/mol. The molecule has 0 spiro atoms. The number of anilines is 6. The monoisotopic (exact) mass is 615 g/mol. The molecule has 1 aromatic heterocycles. The maximum absolute atomic E-state index is 11.8. The molecular formula is C28H34ClN7O5S. The van der Waals surface area contributed by atoms with Gasteiger partial charge >= 0.3 is 0 Å². The van der Waals surface area contributed by atoms with E-state index in [0.717, 1.165) is 63.4 Å². The summed E-state index contributed by atoms with van der Waals surface area (Å²) < 4.78 is 43.7. The highest BCUT2D eigenvalue weighted by Crippen LogP contribution is 2.44. The Bertz CT molecular complexity index is 1550. The van der Waals surface area contributed by atoms with Gasteiger partial charge in [-0.2, -0.15) is 4.98 Å². The number of nitrogens with one attached hydrogen (secondary N) is 3. The van der Waals surface area contributed by atoms with Gasteiger partial charge in [-0.1, -0.05) is 23.7 Å². The Morgan fingerprint density at radius 3 is 2.60 bits per heavy atom. The highest BCUT2D eigenvalue weighted by Gasteiger charge is 2.37. The summed E-state index contributed by atoms with van der Waals surface area (Å²) in [6.45, 7) is 5.16. The fraction of sp³-hybridized carbons (Fsp3) is 0.429. The van der Waals surface area contributed by atoms with Crippen LogP contribution in [0.4, 0.5) is 34.5 Å². The van der Waals surface area contributed by atoms with Crippen molar-refractivity contribution in [2.45, 2.75) is 24.9 Å². The smallest absolute Gasteiger partial charge is 0.229 e. The molecule has 2 fully saturated rings. The van der Waals surface area contributed by atoms with Gasteiger partial charge in [0.05, 0.1) is 61.6 Å². The van der Waals surface area contributed by atoms with Gasteiger partial charge in [0.2, 0.25) is 16.0 Å². The van der Waals surface area contributed by atoms with Crippen LogP contribution in [0.2, 0.25) is 5.02 Å². The second-order valence-electron chi connectivity index (χ2n) is 10.6. The average Bonchev–Trinajstić information content (AvgIpc) is 2.99. The maximum atomic E-state index is 11.8. The third-order valence-corrected chi connectivity index (χ3v) is 8.61. The van der Waals surface area contributed by atoms with Crippen molar-refractivity contribution in [2.75, 3.05) is 73.1 Å². The van der Waals surface area contributed by atoms with Crippen LogP contribution in [0.3, 0.4) is 0 Å². The standard InChI is InChI=1S/C28H34ClN7O5S/c1-39-25-15-24-26(41-17-19-13-18(7-8-36(19)24)35-9-11-40-12-10-35)14-23(25)32-28-30-16-20(29)27(33-28)31-21-5-3-4-6-22(21)34-42(2,37)38/h3-6,14-16,18-19,34H,7-13,17H2,1-2H3,(H2,30,31,32,33)/t18-,19+/m0/s1. The zero-order valence-corrected chi connectivity index (χ0v) is 25.0. The van der Waals surface area contributed by atoms with Crippen molar-refractivity contribution < 1.29 is 22.6 Å². The van der Waals surface area contributed by atoms with Crippen LogP contribution in [0.15, 0.2) is 42.6 Å². The number of piperidine rings is 1. The molecule has 3 aliphatic rings. The van der Waals surface area contributed by atoms with Crippen LogP contribution in [0.1, 0.15) is 12.8 Å². The lowest BCUT2D eigenvalue weighted by molar-refractivity contribution is 0.00628. The number of hydrogen-bond acceptors (Lipinski definition) is 11. The molecule has 14 heteroatoms. The molecule has 6 rings (SSSR count). The maximum Gasteiger partial charge on any atom is 0.229 e. The van der Waals surface area contributed by atoms with E-state index in [9.17, 15) is 8.42 Å². The number of ether oxygens (including phenoxy) is 3. The normalized spacial score (nSPS) is 20.6. The number of rotatable bonds is 8. The summed E-state index contributed by atoms with van der Waals surface area (Å²) >= 11 is 6.40. The van der Waals surface area contributed by atoms with E-state index in [4.69, 9.17) is 25.8 Å². The molecule has 3 N–H and O–H groups in total. The molecule has 3 aromatic rings. The van der Waals surface area contributed by atoms with Crippen molar-refractivity contribution in [2.24, 2.45) is 0 Å². The van der Waals surface area contributed by atoms with Crippen LogP contribution in [-0.4, -0.2) is 88.2 Å². The van der Waals surface area contributed by atoms with E-state index in [-0.39, 0.29) is 11.0 Å². The molecule has 224 valence electrons. The molecule has 12 nitrogen and oxygen atoms in total. The Morgan fingerprint density at radius 1 is 1.05 bits per heavy atom. The van der Waals surface area contributed by atoms with Crippen molar-refractivity contribution in [3.05, 3.63) is 47.6 Å². The zero-order chi connectivity index (χ0) is 29.3. The molecule has 0 saturated carbocycles. The second-order valence-corrected chi connectivity index (χ2v) is 12.7. The van der Waals surface area contributed by atoms with Gasteiger partial charge in [0.15, 0.2) is 5.82 Å². The van der Waals surface area contributed by atoms with E-state index in [1.54, 1.807) is 31.4 Å². The third kappa shape index (κ3) is 6.28. The molecular weight excluding hydrogens is 582 g/mol. The molecule has 42 heavy (non-hydrogen) atoms. The van der Waals surface area contributed by atoms with E-state index in [1.807, 2.05) is 12.1 Å². The van der Waals surface area contributed by atoms with E-state index >= 15 is 0 Å². The van der Waals surface area contributed by atoms with Gasteiger partial charge in [0.25, 0.3) is 0 Å². The lowest BCUT2D eigenvalue weighted by atomic mass is 9.94. The molecule has 0 radical (unpaired) electrons. The lowest BCUT2D eigenvalue weighted by Gasteiger charge is -2.47. The Hall–Kier alpha value is -3.52. The van der Waals surface area contributed by atoms with Gasteiger partial charge in [-0.25, -0.2) is 13.4 Å². The van der Waals surface area contributed by atoms with Crippen LogP contribution in [0, 0.1) is 0 Å². The molecule has 4 heterocycles. The van der Waals surface area contributed by atoms with Crippen LogP contribution in [0.25, 0.3) is 0 Å². The molecule has 2 saturated heterocycles. The summed E-state index contributed by atoms with van der Waals surface area (Å²) in [5, 5.41) is 6.60. The summed E-state index contributed by atoms with van der Waals surface area (Å²) in [5.41, 5.74) is 2.51. The molecule has 2 atom stereocenters. The predicted octanol–water partition coefficient (Wildman–Crippen LogP) is 4.06. The summed E-state index contributed by atoms with van der Waals surface area (Å²) in [4.78, 5) is 13.9. The number of benzene rings is 2. The second kappa shape index (κ2) is 12.0. The van der Waals surface area contributed by atoms with Crippen LogP contribution >= 0.6 is 11.6 Å². The van der Waals surface area contributed by atoms with E-state index in [0.29, 0.717) is 47.3 Å². The first kappa shape index (κ1) is 28.6. The number of nitrogens with zero attached hydrogens (tertiary/aromatic N) is 4. The first-order chi connectivity index (χ1) is 20.3. The molecule has 0 amide bonds. The molecule has 0 aliphatic carbocycles. The number of methoxy groups -OCH3 is 1. The SMILES string of the molecule is COc1cc2c(cc1Nc1ncc(Cl)c(Nc3ccccc3NS(C)(=O)=O)n1)OC[C@H]1C[C@@H](N3CCOCC3)CCN21. The fourth-order valence-electron chi connectivity index (χ4n) is 5.76. The number of aromatic nitrogens is 2. The first-order valence-electron chi connectivity index (χ1n) is 13.8. The Labute approximate surface area is 250 Å². The van der Waals surface area contributed by atoms with Crippen molar-refractivity contribution in [1.29, 1.82) is 0 Å². The predicted molar refractivity (Wildman–Crippen MR) is 164 cm³/mol. The Kier molecular flexibility index (Phi) is 8.17. The molecule has 2 aromatic carbocycles. The largest absolute Gasteiger partial charge is 0.494 e.